The van der Waals surface area contributed by atoms with E-state index < -0.39 is 0 Å². The highest BCUT2D eigenvalue weighted by Gasteiger charge is 2.20. The van der Waals surface area contributed by atoms with Crippen LogP contribution in [-0.4, -0.2) is 24.5 Å². The maximum Gasteiger partial charge on any atom is 0.227 e. The molecule has 4 aromatic heterocycles. The molecule has 11 aromatic rings. The van der Waals surface area contributed by atoms with Gasteiger partial charge in [-0.3, -0.25) is 0 Å². The molecule has 0 amide bonds. The second kappa shape index (κ2) is 11.6. The summed E-state index contributed by atoms with van der Waals surface area (Å²) in [5, 5.41) is 4.24. The van der Waals surface area contributed by atoms with Crippen molar-refractivity contribution in [2.75, 3.05) is 0 Å². The zero-order chi connectivity index (χ0) is 34.9. The van der Waals surface area contributed by atoms with Crippen molar-refractivity contribution in [2.45, 2.75) is 0 Å². The third-order valence-corrected chi connectivity index (χ3v) is 9.89. The summed E-state index contributed by atoms with van der Waals surface area (Å²) in [4.78, 5) is 20.1. The molecule has 11 rings (SSSR count). The highest BCUT2D eigenvalue weighted by Crippen LogP contribution is 2.39. The van der Waals surface area contributed by atoms with Gasteiger partial charge in [-0.25, -0.2) is 19.9 Å². The predicted octanol–water partition coefficient (Wildman–Crippen LogP) is 11.7. The Kier molecular flexibility index (Phi) is 6.42. The van der Waals surface area contributed by atoms with Gasteiger partial charge in [-0.2, -0.15) is 0 Å². The van der Waals surface area contributed by atoms with Gasteiger partial charge in [0.1, 0.15) is 16.7 Å². The van der Waals surface area contributed by atoms with Gasteiger partial charge < -0.3 is 13.4 Å². The van der Waals surface area contributed by atoms with Gasteiger partial charge in [-0.15, -0.1) is 0 Å². The van der Waals surface area contributed by atoms with Gasteiger partial charge >= 0.3 is 0 Å². The maximum absolute atomic E-state index is 6.47. The van der Waals surface area contributed by atoms with Crippen LogP contribution in [0, 0.1) is 0 Å². The second-order valence-corrected chi connectivity index (χ2v) is 13.1. The van der Waals surface area contributed by atoms with Gasteiger partial charge in [0.2, 0.25) is 5.89 Å². The fourth-order valence-corrected chi connectivity index (χ4v) is 7.45. The van der Waals surface area contributed by atoms with Crippen molar-refractivity contribution in [2.24, 2.45) is 0 Å². The van der Waals surface area contributed by atoms with E-state index in [1.165, 1.54) is 5.39 Å². The lowest BCUT2D eigenvalue weighted by atomic mass is 10.0. The van der Waals surface area contributed by atoms with E-state index in [4.69, 9.17) is 28.8 Å². The van der Waals surface area contributed by atoms with Gasteiger partial charge in [0.05, 0.1) is 11.0 Å². The fraction of sp³-hybridized carbons (Fsp3) is 0. The Morgan fingerprint density at radius 1 is 0.396 bits per heavy atom. The van der Waals surface area contributed by atoms with Crippen molar-refractivity contribution < 1.29 is 8.83 Å². The number of rotatable bonds is 5. The quantitative estimate of drug-likeness (QED) is 0.180. The number of benzene rings is 7. The minimum Gasteiger partial charge on any atom is -0.456 e. The molecule has 0 saturated heterocycles. The first-order chi connectivity index (χ1) is 26.2. The minimum absolute atomic E-state index is 0.548. The summed E-state index contributed by atoms with van der Waals surface area (Å²) in [6.07, 6.45) is 0. The van der Waals surface area contributed by atoms with E-state index in [9.17, 15) is 0 Å². The first kappa shape index (κ1) is 29.4. The summed E-state index contributed by atoms with van der Waals surface area (Å²) in [7, 11) is 0. The number of para-hydroxylation sites is 4. The van der Waals surface area contributed by atoms with Gasteiger partial charge in [-0.05, 0) is 60.7 Å². The Morgan fingerprint density at radius 3 is 1.94 bits per heavy atom. The molecule has 0 atom stereocenters. The average Bonchev–Trinajstić information content (AvgIpc) is 3.92. The number of fused-ring (bicyclic) bond motifs is 7. The molecule has 0 aliphatic rings. The third-order valence-electron chi connectivity index (χ3n) is 9.89. The van der Waals surface area contributed by atoms with Crippen LogP contribution in [0.25, 0.3) is 106 Å². The molecule has 4 heterocycles. The summed E-state index contributed by atoms with van der Waals surface area (Å²) in [5.41, 5.74) is 9.84. The Bertz CT molecular complexity index is 3150. The standard InChI is InChI=1S/C46H27N5O2/c1-3-12-28(13-4-1)43-48-44(29-22-24-33-32-16-7-9-19-37(32)51(38(33)26-29)31-14-5-2-6-15-31)50-45(49-43)35-17-11-21-40-42(35)34-25-23-30(27-41(34)52-40)46-47-36-18-8-10-20-39(36)53-46/h1-27H. The van der Waals surface area contributed by atoms with Crippen molar-refractivity contribution in [3.8, 4) is 51.3 Å². The van der Waals surface area contributed by atoms with Crippen LogP contribution in [0.3, 0.4) is 0 Å². The lowest BCUT2D eigenvalue weighted by Gasteiger charge is -2.11. The molecule has 0 radical (unpaired) electrons. The molecule has 7 aromatic carbocycles. The van der Waals surface area contributed by atoms with Crippen LogP contribution >= 0.6 is 0 Å². The van der Waals surface area contributed by atoms with Crippen molar-refractivity contribution in [1.82, 2.24) is 24.5 Å². The topological polar surface area (TPSA) is 82.8 Å². The second-order valence-electron chi connectivity index (χ2n) is 13.1. The van der Waals surface area contributed by atoms with Crippen LogP contribution in [-0.2, 0) is 0 Å². The largest absolute Gasteiger partial charge is 0.456 e. The Morgan fingerprint density at radius 2 is 1.08 bits per heavy atom. The highest BCUT2D eigenvalue weighted by molar-refractivity contribution is 6.13. The summed E-state index contributed by atoms with van der Waals surface area (Å²) < 4.78 is 14.9. The van der Waals surface area contributed by atoms with E-state index in [1.54, 1.807) is 0 Å². The first-order valence-corrected chi connectivity index (χ1v) is 17.5. The third kappa shape index (κ3) is 4.75. The molecule has 0 aliphatic carbocycles. The normalized spacial score (nSPS) is 11.8. The SMILES string of the molecule is c1ccc(-c2nc(-c3ccc4c5ccccc5n(-c5ccccc5)c4c3)nc(-c3cccc4oc5cc(-c6nc7ccccc7o6)ccc5c34)n2)cc1. The summed E-state index contributed by atoms with van der Waals surface area (Å²) >= 11 is 0. The van der Waals surface area contributed by atoms with Crippen LogP contribution in [0.15, 0.2) is 173 Å². The van der Waals surface area contributed by atoms with Gasteiger partial charge in [0.25, 0.3) is 0 Å². The molecule has 7 nitrogen and oxygen atoms in total. The van der Waals surface area contributed by atoms with Crippen LogP contribution in [0.5, 0.6) is 0 Å². The maximum atomic E-state index is 6.47. The van der Waals surface area contributed by atoms with E-state index in [0.29, 0.717) is 23.4 Å². The molecule has 248 valence electrons. The van der Waals surface area contributed by atoms with Crippen LogP contribution < -0.4 is 0 Å². The Labute approximate surface area is 302 Å². The number of oxazole rings is 1. The number of hydrogen-bond donors (Lipinski definition) is 0. The first-order valence-electron chi connectivity index (χ1n) is 17.5. The number of furan rings is 1. The molecular formula is C46H27N5O2. The van der Waals surface area contributed by atoms with Gasteiger partial charge in [0.15, 0.2) is 23.1 Å². The molecule has 0 fully saturated rings. The van der Waals surface area contributed by atoms with Crippen LogP contribution in [0.4, 0.5) is 0 Å². The number of aromatic nitrogens is 5. The average molecular weight is 682 g/mol. The summed E-state index contributed by atoms with van der Waals surface area (Å²) in [5.74, 6) is 2.29. The monoisotopic (exact) mass is 681 g/mol. The van der Waals surface area contributed by atoms with Crippen molar-refractivity contribution in [3.05, 3.63) is 164 Å². The lowest BCUT2D eigenvalue weighted by molar-refractivity contribution is 0.619. The molecule has 0 aliphatic heterocycles. The van der Waals surface area contributed by atoms with E-state index in [1.807, 2.05) is 84.9 Å². The summed E-state index contributed by atoms with van der Waals surface area (Å²) in [6, 6.07) is 55.4. The number of nitrogens with zero attached hydrogens (tertiary/aromatic N) is 5. The van der Waals surface area contributed by atoms with E-state index in [-0.39, 0.29) is 0 Å². The predicted molar refractivity (Wildman–Crippen MR) is 211 cm³/mol. The van der Waals surface area contributed by atoms with Crippen molar-refractivity contribution in [1.29, 1.82) is 0 Å². The molecular weight excluding hydrogens is 655 g/mol. The minimum atomic E-state index is 0.548. The smallest absolute Gasteiger partial charge is 0.227 e. The van der Waals surface area contributed by atoms with E-state index >= 15 is 0 Å². The van der Waals surface area contributed by atoms with Crippen molar-refractivity contribution >= 4 is 54.8 Å². The Hall–Kier alpha value is -7.38. The molecule has 0 saturated carbocycles. The number of hydrogen-bond acceptors (Lipinski definition) is 6. The fourth-order valence-electron chi connectivity index (χ4n) is 7.45. The molecule has 0 unspecified atom stereocenters. The molecule has 7 heteroatoms. The van der Waals surface area contributed by atoms with E-state index in [2.05, 4.69) is 83.4 Å². The zero-order valence-corrected chi connectivity index (χ0v) is 28.1. The van der Waals surface area contributed by atoms with Crippen molar-refractivity contribution in [3.63, 3.8) is 0 Å². The molecule has 0 N–H and O–H groups in total. The molecule has 0 spiro atoms. The van der Waals surface area contributed by atoms with Crippen LogP contribution in [0.2, 0.25) is 0 Å². The van der Waals surface area contributed by atoms with Crippen LogP contribution in [0.1, 0.15) is 0 Å². The summed E-state index contributed by atoms with van der Waals surface area (Å²) in [6.45, 7) is 0. The van der Waals surface area contributed by atoms with Gasteiger partial charge in [0, 0.05) is 49.5 Å². The van der Waals surface area contributed by atoms with E-state index in [0.717, 1.165) is 77.4 Å². The van der Waals surface area contributed by atoms with Gasteiger partial charge in [-0.1, -0.05) is 103 Å². The highest BCUT2D eigenvalue weighted by atomic mass is 16.3. The zero-order valence-electron chi connectivity index (χ0n) is 28.1. The molecule has 53 heavy (non-hydrogen) atoms. The Balaban J connectivity index is 1.11. The lowest BCUT2D eigenvalue weighted by Crippen LogP contribution is -2.00. The molecule has 0 bridgehead atoms.